The van der Waals surface area contributed by atoms with E-state index < -0.39 is 0 Å². The van der Waals surface area contributed by atoms with E-state index in [-0.39, 0.29) is 0 Å². The zero-order valence-corrected chi connectivity index (χ0v) is 13.7. The SMILES string of the molecule is Cc1nn(C)c(C)c1Cn1c(CCl)nc2c(C)nn(C)c21. The Morgan fingerprint density at radius 1 is 1.00 bits per heavy atom. The van der Waals surface area contributed by atoms with E-state index in [1.54, 1.807) is 0 Å². The Balaban J connectivity index is 2.19. The van der Waals surface area contributed by atoms with E-state index in [9.17, 15) is 0 Å². The molecular formula is C14H19ClN6. The van der Waals surface area contributed by atoms with Gasteiger partial charge in [0.1, 0.15) is 11.3 Å². The average Bonchev–Trinajstić information content (AvgIpc) is 3.01. The molecule has 3 heterocycles. The number of fused-ring (bicyclic) bond motifs is 1. The van der Waals surface area contributed by atoms with Crippen LogP contribution in [0.1, 0.15) is 28.5 Å². The van der Waals surface area contributed by atoms with Crippen LogP contribution in [0.3, 0.4) is 0 Å². The van der Waals surface area contributed by atoms with Crippen LogP contribution in [0.2, 0.25) is 0 Å². The van der Waals surface area contributed by atoms with E-state index >= 15 is 0 Å². The van der Waals surface area contributed by atoms with Crippen molar-refractivity contribution in [3.63, 3.8) is 0 Å². The third-order valence-electron chi connectivity index (χ3n) is 4.06. The van der Waals surface area contributed by atoms with Crippen molar-refractivity contribution in [3.05, 3.63) is 28.5 Å². The van der Waals surface area contributed by atoms with Crippen molar-refractivity contribution in [2.75, 3.05) is 0 Å². The van der Waals surface area contributed by atoms with Crippen molar-refractivity contribution >= 4 is 22.8 Å². The Kier molecular flexibility index (Phi) is 3.28. The highest BCUT2D eigenvalue weighted by molar-refractivity contribution is 6.16. The first-order valence-corrected chi connectivity index (χ1v) is 7.41. The van der Waals surface area contributed by atoms with Crippen molar-refractivity contribution in [1.29, 1.82) is 0 Å². The van der Waals surface area contributed by atoms with Gasteiger partial charge in [-0.2, -0.15) is 10.2 Å². The molecular weight excluding hydrogens is 288 g/mol. The molecule has 3 aromatic heterocycles. The molecule has 7 heteroatoms. The van der Waals surface area contributed by atoms with E-state index in [0.717, 1.165) is 34.1 Å². The summed E-state index contributed by atoms with van der Waals surface area (Å²) >= 11 is 6.08. The smallest absolute Gasteiger partial charge is 0.159 e. The van der Waals surface area contributed by atoms with E-state index in [4.69, 9.17) is 11.6 Å². The lowest BCUT2D eigenvalue weighted by molar-refractivity contribution is 0.696. The largest absolute Gasteiger partial charge is 0.307 e. The Morgan fingerprint density at radius 2 is 1.67 bits per heavy atom. The second kappa shape index (κ2) is 4.87. The lowest BCUT2D eigenvalue weighted by Crippen LogP contribution is -2.09. The van der Waals surface area contributed by atoms with E-state index in [2.05, 4.69) is 26.7 Å². The molecule has 6 nitrogen and oxygen atoms in total. The zero-order valence-electron chi connectivity index (χ0n) is 13.0. The third-order valence-corrected chi connectivity index (χ3v) is 4.30. The monoisotopic (exact) mass is 306 g/mol. The number of hydrogen-bond donors (Lipinski definition) is 0. The average molecular weight is 307 g/mol. The van der Waals surface area contributed by atoms with Crippen molar-refractivity contribution in [3.8, 4) is 0 Å². The maximum absolute atomic E-state index is 6.08. The Bertz CT molecular complexity index is 823. The summed E-state index contributed by atoms with van der Waals surface area (Å²) in [6.07, 6.45) is 0. The van der Waals surface area contributed by atoms with Crippen LogP contribution in [-0.2, 0) is 26.5 Å². The van der Waals surface area contributed by atoms with Crippen LogP contribution >= 0.6 is 11.6 Å². The topological polar surface area (TPSA) is 53.5 Å². The number of nitrogens with zero attached hydrogens (tertiary/aromatic N) is 6. The van der Waals surface area contributed by atoms with Crippen molar-refractivity contribution in [2.45, 2.75) is 33.2 Å². The summed E-state index contributed by atoms with van der Waals surface area (Å²) in [5.74, 6) is 1.25. The number of aromatic nitrogens is 6. The summed E-state index contributed by atoms with van der Waals surface area (Å²) < 4.78 is 5.92. The minimum absolute atomic E-state index is 0.381. The first kappa shape index (κ1) is 14.1. The summed E-state index contributed by atoms with van der Waals surface area (Å²) in [5, 5.41) is 8.93. The minimum Gasteiger partial charge on any atom is -0.307 e. The second-order valence-electron chi connectivity index (χ2n) is 5.40. The molecule has 0 amide bonds. The standard InChI is InChI=1S/C14H19ClN6/c1-8-11(10(3)19(4)17-8)7-21-12(6-15)16-13-9(2)18-20(5)14(13)21/h6-7H2,1-5H3. The van der Waals surface area contributed by atoms with Crippen LogP contribution < -0.4 is 0 Å². The fraction of sp³-hybridized carbons (Fsp3) is 0.500. The van der Waals surface area contributed by atoms with Crippen LogP contribution in [0, 0.1) is 20.8 Å². The van der Waals surface area contributed by atoms with Gasteiger partial charge in [-0.05, 0) is 20.8 Å². The molecule has 0 bridgehead atoms. The summed E-state index contributed by atoms with van der Waals surface area (Å²) in [4.78, 5) is 4.63. The zero-order chi connectivity index (χ0) is 15.3. The first-order valence-electron chi connectivity index (χ1n) is 6.87. The molecule has 21 heavy (non-hydrogen) atoms. The van der Waals surface area contributed by atoms with Gasteiger partial charge >= 0.3 is 0 Å². The van der Waals surface area contributed by atoms with Gasteiger partial charge in [0.05, 0.1) is 23.8 Å². The van der Waals surface area contributed by atoms with Crippen molar-refractivity contribution < 1.29 is 0 Å². The molecule has 112 valence electrons. The molecule has 3 aromatic rings. The molecule has 0 aliphatic carbocycles. The lowest BCUT2D eigenvalue weighted by atomic mass is 10.2. The predicted octanol–water partition coefficient (Wildman–Crippen LogP) is 2.22. The molecule has 0 fully saturated rings. The van der Waals surface area contributed by atoms with Crippen LogP contribution in [0.15, 0.2) is 0 Å². The predicted molar refractivity (Wildman–Crippen MR) is 82.6 cm³/mol. The molecule has 0 aromatic carbocycles. The van der Waals surface area contributed by atoms with Crippen molar-refractivity contribution in [2.24, 2.45) is 14.1 Å². The molecule has 0 aliphatic heterocycles. The number of aryl methyl sites for hydroxylation is 4. The van der Waals surface area contributed by atoms with Crippen LogP contribution in [0.5, 0.6) is 0 Å². The summed E-state index contributed by atoms with van der Waals surface area (Å²) in [6, 6.07) is 0. The van der Waals surface area contributed by atoms with Gasteiger partial charge in [0.2, 0.25) is 0 Å². The van der Waals surface area contributed by atoms with Crippen LogP contribution in [0.25, 0.3) is 11.2 Å². The van der Waals surface area contributed by atoms with Gasteiger partial charge < -0.3 is 4.57 Å². The minimum atomic E-state index is 0.381. The second-order valence-corrected chi connectivity index (χ2v) is 5.67. The van der Waals surface area contributed by atoms with Gasteiger partial charge in [-0.15, -0.1) is 11.6 Å². The third kappa shape index (κ3) is 2.05. The van der Waals surface area contributed by atoms with Crippen LogP contribution in [-0.4, -0.2) is 29.1 Å². The normalized spacial score (nSPS) is 11.7. The molecule has 0 aliphatic rings. The highest BCUT2D eigenvalue weighted by atomic mass is 35.5. The fourth-order valence-corrected chi connectivity index (χ4v) is 3.06. The molecule has 3 rings (SSSR count). The fourth-order valence-electron chi connectivity index (χ4n) is 2.85. The Labute approximate surface area is 128 Å². The number of hydrogen-bond acceptors (Lipinski definition) is 3. The van der Waals surface area contributed by atoms with Crippen molar-refractivity contribution in [1.82, 2.24) is 29.1 Å². The number of imidazole rings is 1. The Morgan fingerprint density at radius 3 is 2.24 bits per heavy atom. The van der Waals surface area contributed by atoms with E-state index in [1.165, 1.54) is 5.56 Å². The van der Waals surface area contributed by atoms with Gasteiger partial charge in [-0.25, -0.2) is 4.98 Å². The molecule has 0 saturated heterocycles. The summed E-state index contributed by atoms with van der Waals surface area (Å²) in [5.41, 5.74) is 6.27. The molecule has 0 radical (unpaired) electrons. The number of rotatable bonds is 3. The van der Waals surface area contributed by atoms with Gasteiger partial charge in [-0.3, -0.25) is 9.36 Å². The maximum atomic E-state index is 6.08. The van der Waals surface area contributed by atoms with Gasteiger partial charge in [-0.1, -0.05) is 0 Å². The Hall–Kier alpha value is -1.82. The van der Waals surface area contributed by atoms with Gasteiger partial charge in [0, 0.05) is 25.4 Å². The van der Waals surface area contributed by atoms with Gasteiger partial charge in [0.15, 0.2) is 5.65 Å². The highest BCUT2D eigenvalue weighted by Gasteiger charge is 2.19. The maximum Gasteiger partial charge on any atom is 0.159 e. The number of alkyl halides is 1. The molecule has 0 unspecified atom stereocenters. The summed E-state index contributed by atoms with van der Waals surface area (Å²) in [7, 11) is 3.90. The van der Waals surface area contributed by atoms with E-state index in [0.29, 0.717) is 12.4 Å². The van der Waals surface area contributed by atoms with Crippen LogP contribution in [0.4, 0.5) is 0 Å². The quantitative estimate of drug-likeness (QED) is 0.697. The molecule has 0 saturated carbocycles. The molecule has 0 atom stereocenters. The lowest BCUT2D eigenvalue weighted by Gasteiger charge is -2.09. The highest BCUT2D eigenvalue weighted by Crippen LogP contribution is 2.23. The van der Waals surface area contributed by atoms with E-state index in [1.807, 2.05) is 37.3 Å². The first-order chi connectivity index (χ1) is 9.93. The molecule has 0 spiro atoms. The summed E-state index contributed by atoms with van der Waals surface area (Å²) in [6.45, 7) is 6.80. The molecule has 0 N–H and O–H groups in total. The number of halogens is 1. The van der Waals surface area contributed by atoms with Gasteiger partial charge in [0.25, 0.3) is 0 Å².